The summed E-state index contributed by atoms with van der Waals surface area (Å²) in [6, 6.07) is 8.16. The highest BCUT2D eigenvalue weighted by Gasteiger charge is 2.45. The smallest absolute Gasteiger partial charge is 0.303 e. The van der Waals surface area contributed by atoms with E-state index in [-0.39, 0.29) is 6.42 Å². The summed E-state index contributed by atoms with van der Waals surface area (Å²) in [5, 5.41) is 8.96. The third kappa shape index (κ3) is 2.21. The van der Waals surface area contributed by atoms with Crippen LogP contribution in [0, 0.1) is 17.8 Å². The van der Waals surface area contributed by atoms with Gasteiger partial charge in [0.1, 0.15) is 5.75 Å². The van der Waals surface area contributed by atoms with Gasteiger partial charge in [-0.15, -0.1) is 0 Å². The second kappa shape index (κ2) is 5.31. The van der Waals surface area contributed by atoms with Crippen LogP contribution in [0.4, 0.5) is 0 Å². The molecule has 0 spiro atoms. The zero-order valence-electron chi connectivity index (χ0n) is 11.7. The van der Waals surface area contributed by atoms with Crippen LogP contribution in [0.25, 0.3) is 0 Å². The van der Waals surface area contributed by atoms with Crippen LogP contribution in [0.5, 0.6) is 5.75 Å². The minimum Gasteiger partial charge on any atom is -0.496 e. The maximum atomic E-state index is 10.9. The van der Waals surface area contributed by atoms with Crippen LogP contribution in [0.2, 0.25) is 0 Å². The first kappa shape index (κ1) is 13.2. The number of hydrogen-bond acceptors (Lipinski definition) is 2. The van der Waals surface area contributed by atoms with Gasteiger partial charge < -0.3 is 9.84 Å². The average molecular weight is 272 g/mol. The standard InChI is InChI=1S/C17H20O3/c1-20-15-5-3-2-4-14(15)17-12-7-6-11(10-12)13(17)8-9-16(18)19/h2-7,11-13,17H,8-10H2,1H3,(H,18,19). The number of carboxylic acid groups (broad SMARTS) is 1. The largest absolute Gasteiger partial charge is 0.496 e. The van der Waals surface area contributed by atoms with Crippen molar-refractivity contribution >= 4 is 5.97 Å². The number of methoxy groups -OCH3 is 1. The Morgan fingerprint density at radius 1 is 1.30 bits per heavy atom. The molecule has 3 heteroatoms. The SMILES string of the molecule is COc1ccccc1C1C2C=CC(C2)C1CCC(=O)O. The molecule has 1 saturated carbocycles. The molecule has 3 rings (SSSR count). The molecule has 0 saturated heterocycles. The summed E-state index contributed by atoms with van der Waals surface area (Å²) in [4.78, 5) is 10.9. The Kier molecular flexibility index (Phi) is 3.51. The lowest BCUT2D eigenvalue weighted by Crippen LogP contribution is -2.19. The van der Waals surface area contributed by atoms with E-state index in [0.717, 1.165) is 18.6 Å². The number of rotatable bonds is 5. The van der Waals surface area contributed by atoms with Crippen molar-refractivity contribution < 1.29 is 14.6 Å². The molecule has 20 heavy (non-hydrogen) atoms. The Balaban J connectivity index is 1.89. The van der Waals surface area contributed by atoms with Gasteiger partial charge in [0, 0.05) is 6.42 Å². The highest BCUT2D eigenvalue weighted by atomic mass is 16.5. The highest BCUT2D eigenvalue weighted by molar-refractivity contribution is 5.66. The number of hydrogen-bond donors (Lipinski definition) is 1. The summed E-state index contributed by atoms with van der Waals surface area (Å²) in [5.41, 5.74) is 1.24. The fourth-order valence-electron chi connectivity index (χ4n) is 4.01. The molecule has 1 aromatic rings. The quantitative estimate of drug-likeness (QED) is 0.835. The lowest BCUT2D eigenvalue weighted by molar-refractivity contribution is -0.137. The van der Waals surface area contributed by atoms with Crippen LogP contribution in [-0.4, -0.2) is 18.2 Å². The summed E-state index contributed by atoms with van der Waals surface area (Å²) in [6.07, 6.45) is 6.76. The van der Waals surface area contributed by atoms with Crippen molar-refractivity contribution in [2.45, 2.75) is 25.2 Å². The van der Waals surface area contributed by atoms with Crippen LogP contribution < -0.4 is 4.74 Å². The minimum absolute atomic E-state index is 0.257. The first-order chi connectivity index (χ1) is 9.70. The molecule has 1 aromatic carbocycles. The Morgan fingerprint density at radius 3 is 2.80 bits per heavy atom. The third-order valence-corrected chi connectivity index (χ3v) is 4.81. The molecule has 0 aliphatic heterocycles. The normalized spacial score (nSPS) is 30.6. The van der Waals surface area contributed by atoms with Gasteiger partial charge in [-0.25, -0.2) is 0 Å². The number of benzene rings is 1. The van der Waals surface area contributed by atoms with Crippen molar-refractivity contribution in [2.75, 3.05) is 7.11 Å². The first-order valence-corrected chi connectivity index (χ1v) is 7.23. The van der Waals surface area contributed by atoms with Crippen LogP contribution in [-0.2, 0) is 4.79 Å². The molecule has 0 radical (unpaired) electrons. The van der Waals surface area contributed by atoms with E-state index in [1.165, 1.54) is 5.56 Å². The van der Waals surface area contributed by atoms with Gasteiger partial charge in [0.05, 0.1) is 7.11 Å². The van der Waals surface area contributed by atoms with Crippen molar-refractivity contribution in [2.24, 2.45) is 17.8 Å². The lowest BCUT2D eigenvalue weighted by atomic mass is 9.76. The second-order valence-corrected chi connectivity index (χ2v) is 5.81. The Bertz CT molecular complexity index is 535. The van der Waals surface area contributed by atoms with Crippen molar-refractivity contribution in [3.05, 3.63) is 42.0 Å². The molecule has 0 aromatic heterocycles. The fraction of sp³-hybridized carbons (Fsp3) is 0.471. The molecular formula is C17H20O3. The van der Waals surface area contributed by atoms with E-state index >= 15 is 0 Å². The van der Waals surface area contributed by atoms with E-state index in [0.29, 0.717) is 23.7 Å². The third-order valence-electron chi connectivity index (χ3n) is 4.81. The Hall–Kier alpha value is -1.77. The van der Waals surface area contributed by atoms with E-state index in [9.17, 15) is 4.79 Å². The van der Waals surface area contributed by atoms with E-state index in [1.807, 2.05) is 18.2 Å². The van der Waals surface area contributed by atoms with Gasteiger partial charge in [0.15, 0.2) is 0 Å². The van der Waals surface area contributed by atoms with Crippen molar-refractivity contribution in [1.29, 1.82) is 0 Å². The molecule has 1 fully saturated rings. The fourth-order valence-corrected chi connectivity index (χ4v) is 4.01. The van der Waals surface area contributed by atoms with Crippen LogP contribution >= 0.6 is 0 Å². The van der Waals surface area contributed by atoms with Gasteiger partial charge in [0.2, 0.25) is 0 Å². The molecule has 2 bridgehead atoms. The first-order valence-electron chi connectivity index (χ1n) is 7.23. The zero-order chi connectivity index (χ0) is 14.1. The van der Waals surface area contributed by atoms with Gasteiger partial charge >= 0.3 is 5.97 Å². The predicted octanol–water partition coefficient (Wildman–Crippen LogP) is 3.47. The van der Waals surface area contributed by atoms with Crippen molar-refractivity contribution in [1.82, 2.24) is 0 Å². The number of ether oxygens (including phenoxy) is 1. The zero-order valence-corrected chi connectivity index (χ0v) is 11.7. The lowest BCUT2D eigenvalue weighted by Gasteiger charge is -2.29. The van der Waals surface area contributed by atoms with E-state index < -0.39 is 5.97 Å². The average Bonchev–Trinajstić information content (AvgIpc) is 3.05. The number of carbonyl (C=O) groups is 1. The van der Waals surface area contributed by atoms with Crippen LogP contribution in [0.1, 0.15) is 30.7 Å². The number of aliphatic carboxylic acids is 1. The molecule has 4 atom stereocenters. The summed E-state index contributed by atoms with van der Waals surface area (Å²) < 4.78 is 5.50. The molecule has 2 aliphatic carbocycles. The molecule has 0 amide bonds. The number of allylic oxidation sites excluding steroid dienone is 2. The summed E-state index contributed by atoms with van der Waals surface area (Å²) in [6.45, 7) is 0. The number of fused-ring (bicyclic) bond motifs is 2. The van der Waals surface area contributed by atoms with E-state index in [4.69, 9.17) is 9.84 Å². The van der Waals surface area contributed by atoms with Crippen LogP contribution in [0.15, 0.2) is 36.4 Å². The van der Waals surface area contributed by atoms with Crippen LogP contribution in [0.3, 0.4) is 0 Å². The van der Waals surface area contributed by atoms with E-state index in [1.54, 1.807) is 7.11 Å². The van der Waals surface area contributed by atoms with Gasteiger partial charge in [-0.2, -0.15) is 0 Å². The molecular weight excluding hydrogens is 252 g/mol. The van der Waals surface area contributed by atoms with Gasteiger partial charge in [-0.05, 0) is 48.1 Å². The second-order valence-electron chi connectivity index (χ2n) is 5.81. The Labute approximate surface area is 119 Å². The minimum atomic E-state index is -0.699. The van der Waals surface area contributed by atoms with Crippen molar-refractivity contribution in [3.63, 3.8) is 0 Å². The predicted molar refractivity (Wildman–Crippen MR) is 76.8 cm³/mol. The van der Waals surface area contributed by atoms with Crippen molar-refractivity contribution in [3.8, 4) is 5.75 Å². The molecule has 1 N–H and O–H groups in total. The summed E-state index contributed by atoms with van der Waals surface area (Å²) in [7, 11) is 1.70. The summed E-state index contributed by atoms with van der Waals surface area (Å²) in [5.74, 6) is 2.14. The monoisotopic (exact) mass is 272 g/mol. The number of carboxylic acids is 1. The number of para-hydroxylation sites is 1. The maximum Gasteiger partial charge on any atom is 0.303 e. The molecule has 2 aliphatic rings. The van der Waals surface area contributed by atoms with Gasteiger partial charge in [0.25, 0.3) is 0 Å². The van der Waals surface area contributed by atoms with Gasteiger partial charge in [-0.1, -0.05) is 30.4 Å². The molecule has 0 heterocycles. The summed E-state index contributed by atoms with van der Waals surface area (Å²) >= 11 is 0. The highest BCUT2D eigenvalue weighted by Crippen LogP contribution is 2.55. The topological polar surface area (TPSA) is 46.5 Å². The maximum absolute atomic E-state index is 10.9. The Morgan fingerprint density at radius 2 is 2.05 bits per heavy atom. The molecule has 3 nitrogen and oxygen atoms in total. The molecule has 4 unspecified atom stereocenters. The molecule has 106 valence electrons. The van der Waals surface area contributed by atoms with E-state index in [2.05, 4.69) is 18.2 Å². The van der Waals surface area contributed by atoms with Gasteiger partial charge in [-0.3, -0.25) is 4.79 Å².